The fourth-order valence-corrected chi connectivity index (χ4v) is 3.43. The van der Waals surface area contributed by atoms with Gasteiger partial charge in [0.2, 0.25) is 5.91 Å². The highest BCUT2D eigenvalue weighted by molar-refractivity contribution is 9.10. The number of rotatable bonds is 5. The summed E-state index contributed by atoms with van der Waals surface area (Å²) in [5.41, 5.74) is 5.52. The van der Waals surface area contributed by atoms with E-state index in [2.05, 4.69) is 31.0 Å². The van der Waals surface area contributed by atoms with Crippen LogP contribution in [0.5, 0.6) is 0 Å². The molecule has 1 aromatic carbocycles. The molecule has 0 aliphatic heterocycles. The zero-order valence-corrected chi connectivity index (χ0v) is 18.4. The van der Waals surface area contributed by atoms with Crippen LogP contribution in [0.1, 0.15) is 33.9 Å². The second-order valence-corrected chi connectivity index (χ2v) is 7.98. The molecule has 28 heavy (non-hydrogen) atoms. The molecule has 146 valence electrons. The number of hydrogen-bond acceptors (Lipinski definition) is 4. The lowest BCUT2D eigenvalue weighted by atomic mass is 10.1. The van der Waals surface area contributed by atoms with Gasteiger partial charge >= 0.3 is 0 Å². The number of carbonyl (C=O) groups is 1. The molecule has 0 aliphatic carbocycles. The average molecular weight is 442 g/mol. The van der Waals surface area contributed by atoms with E-state index in [0.29, 0.717) is 18.9 Å². The van der Waals surface area contributed by atoms with Crippen molar-refractivity contribution >= 4 is 21.8 Å². The molecule has 0 atom stereocenters. The molecule has 6 nitrogen and oxygen atoms in total. The SMILES string of the molecule is Cc1cc(C)nc(-n2nc(C)c(CC(=O)N(C)Cc3ccc(Br)cc3)c2C)n1. The van der Waals surface area contributed by atoms with Gasteiger partial charge in [-0.3, -0.25) is 4.79 Å². The zero-order valence-electron chi connectivity index (χ0n) is 16.8. The Morgan fingerprint density at radius 3 is 2.29 bits per heavy atom. The molecular formula is C21H24BrN5O. The van der Waals surface area contributed by atoms with E-state index in [0.717, 1.165) is 38.4 Å². The van der Waals surface area contributed by atoms with Gasteiger partial charge in [-0.25, -0.2) is 14.6 Å². The molecule has 2 aromatic heterocycles. The number of aromatic nitrogens is 4. The Morgan fingerprint density at radius 1 is 1.07 bits per heavy atom. The van der Waals surface area contributed by atoms with Crippen molar-refractivity contribution in [1.82, 2.24) is 24.6 Å². The summed E-state index contributed by atoms with van der Waals surface area (Å²) in [7, 11) is 1.83. The summed E-state index contributed by atoms with van der Waals surface area (Å²) in [5, 5.41) is 4.58. The molecule has 3 aromatic rings. The van der Waals surface area contributed by atoms with E-state index < -0.39 is 0 Å². The lowest BCUT2D eigenvalue weighted by Crippen LogP contribution is -2.28. The second-order valence-electron chi connectivity index (χ2n) is 7.06. The predicted octanol–water partition coefficient (Wildman–Crippen LogP) is 3.86. The van der Waals surface area contributed by atoms with Gasteiger partial charge < -0.3 is 4.90 Å². The minimum atomic E-state index is 0.0509. The Morgan fingerprint density at radius 2 is 1.68 bits per heavy atom. The number of nitrogens with zero attached hydrogens (tertiary/aromatic N) is 5. The van der Waals surface area contributed by atoms with E-state index in [1.54, 1.807) is 9.58 Å². The summed E-state index contributed by atoms with van der Waals surface area (Å²) in [4.78, 5) is 23.5. The molecule has 0 radical (unpaired) electrons. The highest BCUT2D eigenvalue weighted by atomic mass is 79.9. The molecule has 3 rings (SSSR count). The predicted molar refractivity (Wildman–Crippen MR) is 112 cm³/mol. The topological polar surface area (TPSA) is 63.9 Å². The molecule has 0 aliphatic rings. The van der Waals surface area contributed by atoms with Gasteiger partial charge in [0.15, 0.2) is 0 Å². The number of hydrogen-bond donors (Lipinski definition) is 0. The van der Waals surface area contributed by atoms with Crippen LogP contribution in [0.25, 0.3) is 5.95 Å². The van der Waals surface area contributed by atoms with Crippen LogP contribution < -0.4 is 0 Å². The van der Waals surface area contributed by atoms with Crippen LogP contribution in [0.15, 0.2) is 34.8 Å². The lowest BCUT2D eigenvalue weighted by Gasteiger charge is -2.17. The van der Waals surface area contributed by atoms with Crippen molar-refractivity contribution < 1.29 is 4.79 Å². The maximum Gasteiger partial charge on any atom is 0.251 e. The maximum atomic E-state index is 12.8. The van der Waals surface area contributed by atoms with Gasteiger partial charge in [0.05, 0.1) is 12.1 Å². The molecular weight excluding hydrogens is 418 g/mol. The molecule has 1 amide bonds. The van der Waals surface area contributed by atoms with Crippen LogP contribution in [0.4, 0.5) is 0 Å². The summed E-state index contributed by atoms with van der Waals surface area (Å²) < 4.78 is 2.75. The van der Waals surface area contributed by atoms with Gasteiger partial charge in [0.1, 0.15) is 0 Å². The first-order valence-electron chi connectivity index (χ1n) is 9.10. The molecule has 0 saturated carbocycles. The van der Waals surface area contributed by atoms with Crippen LogP contribution in [-0.2, 0) is 17.8 Å². The number of likely N-dealkylation sites (N-methyl/N-ethyl adjacent to an activating group) is 1. The van der Waals surface area contributed by atoms with Gasteiger partial charge in [0.25, 0.3) is 5.95 Å². The van der Waals surface area contributed by atoms with Crippen molar-refractivity contribution in [3.63, 3.8) is 0 Å². The van der Waals surface area contributed by atoms with Gasteiger partial charge in [-0.1, -0.05) is 28.1 Å². The molecule has 0 fully saturated rings. The summed E-state index contributed by atoms with van der Waals surface area (Å²) >= 11 is 3.43. The number of benzene rings is 1. The third kappa shape index (κ3) is 4.47. The van der Waals surface area contributed by atoms with E-state index in [1.165, 1.54) is 0 Å². The molecule has 0 unspecified atom stereocenters. The van der Waals surface area contributed by atoms with Gasteiger partial charge in [-0.2, -0.15) is 5.10 Å². The van der Waals surface area contributed by atoms with Crippen LogP contribution >= 0.6 is 15.9 Å². The number of aryl methyl sites for hydroxylation is 3. The van der Waals surface area contributed by atoms with Gasteiger partial charge in [-0.15, -0.1) is 0 Å². The number of amides is 1. The first-order valence-corrected chi connectivity index (χ1v) is 9.90. The maximum absolute atomic E-state index is 12.8. The standard InChI is InChI=1S/C21H24BrN5O/c1-13-10-14(2)24-21(23-13)27-16(4)19(15(3)25-27)11-20(28)26(5)12-17-6-8-18(22)9-7-17/h6-10H,11-12H2,1-5H3. The molecule has 0 bridgehead atoms. The van der Waals surface area contributed by atoms with Gasteiger partial charge in [-0.05, 0) is 51.5 Å². The minimum Gasteiger partial charge on any atom is -0.341 e. The highest BCUT2D eigenvalue weighted by Crippen LogP contribution is 2.18. The van der Waals surface area contributed by atoms with Crippen molar-refractivity contribution in [3.05, 3.63) is 68.7 Å². The first kappa shape index (κ1) is 20.2. The second kappa shape index (κ2) is 8.22. The smallest absolute Gasteiger partial charge is 0.251 e. The minimum absolute atomic E-state index is 0.0509. The Kier molecular flexibility index (Phi) is 5.93. The summed E-state index contributed by atoms with van der Waals surface area (Å²) in [5.74, 6) is 0.593. The van der Waals surface area contributed by atoms with E-state index in [4.69, 9.17) is 0 Å². The molecule has 2 heterocycles. The van der Waals surface area contributed by atoms with E-state index >= 15 is 0 Å². The van der Waals surface area contributed by atoms with Crippen molar-refractivity contribution in [3.8, 4) is 5.95 Å². The van der Waals surface area contributed by atoms with Crippen molar-refractivity contribution in [1.29, 1.82) is 0 Å². The third-order valence-corrected chi connectivity index (χ3v) is 5.22. The Balaban J connectivity index is 1.79. The quantitative estimate of drug-likeness (QED) is 0.602. The van der Waals surface area contributed by atoms with E-state index in [1.807, 2.05) is 65.1 Å². The summed E-state index contributed by atoms with van der Waals surface area (Å²) in [6.45, 7) is 8.32. The van der Waals surface area contributed by atoms with Crippen LogP contribution in [0, 0.1) is 27.7 Å². The largest absolute Gasteiger partial charge is 0.341 e. The van der Waals surface area contributed by atoms with Crippen molar-refractivity contribution in [2.45, 2.75) is 40.7 Å². The average Bonchev–Trinajstić information content (AvgIpc) is 2.91. The molecule has 0 saturated heterocycles. The Labute approximate surface area is 173 Å². The number of carbonyl (C=O) groups excluding carboxylic acids is 1. The molecule has 7 heteroatoms. The van der Waals surface area contributed by atoms with Gasteiger partial charge in [0, 0.05) is 40.7 Å². The van der Waals surface area contributed by atoms with E-state index in [-0.39, 0.29) is 5.91 Å². The first-order chi connectivity index (χ1) is 13.2. The fourth-order valence-electron chi connectivity index (χ4n) is 3.17. The normalized spacial score (nSPS) is 10.9. The van der Waals surface area contributed by atoms with Crippen molar-refractivity contribution in [2.75, 3.05) is 7.05 Å². The summed E-state index contributed by atoms with van der Waals surface area (Å²) in [6.07, 6.45) is 0.301. The number of halogens is 1. The van der Waals surface area contributed by atoms with Crippen LogP contribution in [0.3, 0.4) is 0 Å². The van der Waals surface area contributed by atoms with E-state index in [9.17, 15) is 4.79 Å². The Hall–Kier alpha value is -2.54. The van der Waals surface area contributed by atoms with Crippen LogP contribution in [-0.4, -0.2) is 37.6 Å². The molecule has 0 spiro atoms. The highest BCUT2D eigenvalue weighted by Gasteiger charge is 2.19. The lowest BCUT2D eigenvalue weighted by molar-refractivity contribution is -0.129. The summed E-state index contributed by atoms with van der Waals surface area (Å²) in [6, 6.07) is 9.92. The monoisotopic (exact) mass is 441 g/mol. The Bertz CT molecular complexity index is 990. The molecule has 0 N–H and O–H groups in total. The van der Waals surface area contributed by atoms with Crippen LogP contribution in [0.2, 0.25) is 0 Å². The van der Waals surface area contributed by atoms with Crippen molar-refractivity contribution in [2.24, 2.45) is 0 Å². The third-order valence-electron chi connectivity index (χ3n) is 4.69. The fraction of sp³-hybridized carbons (Fsp3) is 0.333. The zero-order chi connectivity index (χ0) is 20.4.